The molecular weight excluding hydrogens is 244 g/mol. The third kappa shape index (κ3) is 2.94. The first kappa shape index (κ1) is 13.6. The van der Waals surface area contributed by atoms with Gasteiger partial charge in [-0.15, -0.1) is 0 Å². The minimum atomic E-state index is -0.0352. The zero-order valence-electron chi connectivity index (χ0n) is 11.6. The number of nitrogens with one attached hydrogen (secondary N) is 2. The van der Waals surface area contributed by atoms with E-state index in [0.29, 0.717) is 31.7 Å². The number of amides is 2. The maximum atomic E-state index is 12.1. The Labute approximate surface area is 112 Å². The van der Waals surface area contributed by atoms with Crippen LogP contribution in [-0.2, 0) is 9.59 Å². The molecule has 1 aromatic heterocycles. The number of likely N-dealkylation sites (tertiary alicyclic amines) is 1. The van der Waals surface area contributed by atoms with Gasteiger partial charge in [0.15, 0.2) is 5.82 Å². The van der Waals surface area contributed by atoms with Crippen LogP contribution >= 0.6 is 0 Å². The van der Waals surface area contributed by atoms with Crippen LogP contribution in [0.5, 0.6) is 0 Å². The van der Waals surface area contributed by atoms with E-state index in [1.165, 1.54) is 0 Å². The first-order chi connectivity index (χ1) is 8.99. The molecule has 19 heavy (non-hydrogen) atoms. The van der Waals surface area contributed by atoms with Crippen LogP contribution in [0.4, 0.5) is 5.82 Å². The van der Waals surface area contributed by atoms with Crippen LogP contribution in [0.15, 0.2) is 0 Å². The molecular formula is C13H20N4O2. The summed E-state index contributed by atoms with van der Waals surface area (Å²) >= 11 is 0. The summed E-state index contributed by atoms with van der Waals surface area (Å²) in [5.41, 5.74) is 1.93. The Morgan fingerprint density at radius 2 is 1.95 bits per heavy atom. The van der Waals surface area contributed by atoms with Crippen molar-refractivity contribution in [3.63, 3.8) is 0 Å². The van der Waals surface area contributed by atoms with Crippen molar-refractivity contribution in [3.8, 4) is 0 Å². The van der Waals surface area contributed by atoms with Gasteiger partial charge in [0.2, 0.25) is 11.8 Å². The first-order valence-electron chi connectivity index (χ1n) is 6.57. The second-order valence-electron chi connectivity index (χ2n) is 5.09. The highest BCUT2D eigenvalue weighted by molar-refractivity contribution is 5.92. The smallest absolute Gasteiger partial charge is 0.228 e. The molecule has 2 rings (SSSR count). The van der Waals surface area contributed by atoms with Gasteiger partial charge < -0.3 is 10.2 Å². The molecule has 1 fully saturated rings. The van der Waals surface area contributed by atoms with Crippen molar-refractivity contribution in [1.29, 1.82) is 0 Å². The van der Waals surface area contributed by atoms with Gasteiger partial charge in [-0.2, -0.15) is 5.10 Å². The second-order valence-corrected chi connectivity index (χ2v) is 5.09. The number of hydrogen-bond donors (Lipinski definition) is 2. The molecule has 0 spiro atoms. The average Bonchev–Trinajstić information content (AvgIpc) is 2.71. The Balaban J connectivity index is 1.91. The molecule has 0 aliphatic carbocycles. The van der Waals surface area contributed by atoms with Crippen LogP contribution in [0.25, 0.3) is 0 Å². The van der Waals surface area contributed by atoms with E-state index in [-0.39, 0.29) is 17.7 Å². The van der Waals surface area contributed by atoms with E-state index in [9.17, 15) is 9.59 Å². The fraction of sp³-hybridized carbons (Fsp3) is 0.615. The molecule has 6 heteroatoms. The summed E-state index contributed by atoms with van der Waals surface area (Å²) in [7, 11) is 0. The quantitative estimate of drug-likeness (QED) is 0.843. The lowest BCUT2D eigenvalue weighted by molar-refractivity contribution is -0.132. The average molecular weight is 264 g/mol. The van der Waals surface area contributed by atoms with E-state index in [0.717, 1.165) is 11.3 Å². The Morgan fingerprint density at radius 3 is 2.42 bits per heavy atom. The van der Waals surface area contributed by atoms with Gasteiger partial charge in [-0.05, 0) is 26.7 Å². The van der Waals surface area contributed by atoms with Crippen LogP contribution in [0.3, 0.4) is 0 Å². The van der Waals surface area contributed by atoms with Gasteiger partial charge in [-0.1, -0.05) is 0 Å². The van der Waals surface area contributed by atoms with Crippen molar-refractivity contribution in [2.45, 2.75) is 33.6 Å². The Morgan fingerprint density at radius 1 is 1.32 bits per heavy atom. The number of nitrogens with zero attached hydrogens (tertiary/aromatic N) is 2. The summed E-state index contributed by atoms with van der Waals surface area (Å²) in [6.07, 6.45) is 1.43. The molecule has 0 saturated carbocycles. The van der Waals surface area contributed by atoms with Crippen LogP contribution in [0, 0.1) is 19.8 Å². The zero-order valence-corrected chi connectivity index (χ0v) is 11.6. The van der Waals surface area contributed by atoms with Crippen molar-refractivity contribution in [1.82, 2.24) is 15.1 Å². The number of aryl methyl sites for hydroxylation is 1. The lowest BCUT2D eigenvalue weighted by atomic mass is 9.96. The van der Waals surface area contributed by atoms with Crippen LogP contribution in [-0.4, -0.2) is 40.0 Å². The number of H-pyrrole nitrogens is 1. The lowest BCUT2D eigenvalue weighted by Crippen LogP contribution is -2.40. The number of hydrogen-bond acceptors (Lipinski definition) is 3. The number of rotatable bonds is 2. The summed E-state index contributed by atoms with van der Waals surface area (Å²) in [6.45, 7) is 6.73. The molecule has 6 nitrogen and oxygen atoms in total. The van der Waals surface area contributed by atoms with Gasteiger partial charge in [0.1, 0.15) is 0 Å². The van der Waals surface area contributed by atoms with Crippen molar-refractivity contribution >= 4 is 17.6 Å². The van der Waals surface area contributed by atoms with Crippen molar-refractivity contribution in [2.24, 2.45) is 5.92 Å². The molecule has 0 bridgehead atoms. The molecule has 104 valence electrons. The van der Waals surface area contributed by atoms with Gasteiger partial charge in [0.05, 0.1) is 0 Å². The summed E-state index contributed by atoms with van der Waals surface area (Å²) in [4.78, 5) is 25.1. The first-order valence-corrected chi connectivity index (χ1v) is 6.57. The van der Waals surface area contributed by atoms with Gasteiger partial charge >= 0.3 is 0 Å². The van der Waals surface area contributed by atoms with E-state index in [4.69, 9.17) is 0 Å². The number of carbonyl (C=O) groups is 2. The molecule has 0 unspecified atom stereocenters. The normalized spacial score (nSPS) is 16.5. The fourth-order valence-corrected chi connectivity index (χ4v) is 2.28. The van der Waals surface area contributed by atoms with E-state index >= 15 is 0 Å². The van der Waals surface area contributed by atoms with E-state index in [1.54, 1.807) is 11.8 Å². The fourth-order valence-electron chi connectivity index (χ4n) is 2.28. The number of anilines is 1. The third-order valence-corrected chi connectivity index (χ3v) is 3.81. The number of aromatic nitrogens is 2. The minimum absolute atomic E-state index is 0.00204. The van der Waals surface area contributed by atoms with Crippen molar-refractivity contribution < 1.29 is 9.59 Å². The molecule has 2 heterocycles. The third-order valence-electron chi connectivity index (χ3n) is 3.81. The van der Waals surface area contributed by atoms with Crippen molar-refractivity contribution in [3.05, 3.63) is 11.3 Å². The Kier molecular flexibility index (Phi) is 3.87. The number of carbonyl (C=O) groups excluding carboxylic acids is 2. The molecule has 2 N–H and O–H groups in total. The molecule has 1 aliphatic heterocycles. The summed E-state index contributed by atoms with van der Waals surface area (Å²) in [5.74, 6) is 0.652. The molecule has 2 amide bonds. The second kappa shape index (κ2) is 5.42. The monoisotopic (exact) mass is 264 g/mol. The SMILES string of the molecule is CC(=O)N1CCC(C(=O)Nc2n[nH]c(C)c2C)CC1. The lowest BCUT2D eigenvalue weighted by Gasteiger charge is -2.30. The highest BCUT2D eigenvalue weighted by Crippen LogP contribution is 2.20. The standard InChI is InChI=1S/C13H20N4O2/c1-8-9(2)15-16-12(8)14-13(19)11-4-6-17(7-5-11)10(3)18/h11H,4-7H2,1-3H3,(H2,14,15,16,19). The van der Waals surface area contributed by atoms with E-state index in [1.807, 2.05) is 13.8 Å². The highest BCUT2D eigenvalue weighted by atomic mass is 16.2. The maximum Gasteiger partial charge on any atom is 0.228 e. The summed E-state index contributed by atoms with van der Waals surface area (Å²) in [5, 5.41) is 9.78. The van der Waals surface area contributed by atoms with Gasteiger partial charge in [0.25, 0.3) is 0 Å². The van der Waals surface area contributed by atoms with Gasteiger partial charge in [0, 0.05) is 37.2 Å². The molecule has 0 aromatic carbocycles. The Hall–Kier alpha value is -1.85. The predicted molar refractivity (Wildman–Crippen MR) is 71.7 cm³/mol. The maximum absolute atomic E-state index is 12.1. The minimum Gasteiger partial charge on any atom is -0.343 e. The highest BCUT2D eigenvalue weighted by Gasteiger charge is 2.26. The molecule has 1 aromatic rings. The van der Waals surface area contributed by atoms with E-state index in [2.05, 4.69) is 15.5 Å². The summed E-state index contributed by atoms with van der Waals surface area (Å²) in [6, 6.07) is 0. The molecule has 0 atom stereocenters. The van der Waals surface area contributed by atoms with Crippen LogP contribution in [0.2, 0.25) is 0 Å². The molecule has 1 saturated heterocycles. The topological polar surface area (TPSA) is 78.1 Å². The number of aromatic amines is 1. The largest absolute Gasteiger partial charge is 0.343 e. The van der Waals surface area contributed by atoms with Crippen LogP contribution < -0.4 is 5.32 Å². The predicted octanol–water partition coefficient (Wildman–Crippen LogP) is 1.22. The van der Waals surface area contributed by atoms with Crippen molar-refractivity contribution in [2.75, 3.05) is 18.4 Å². The Bertz CT molecular complexity index is 487. The van der Waals surface area contributed by atoms with Crippen LogP contribution in [0.1, 0.15) is 31.0 Å². The summed E-state index contributed by atoms with van der Waals surface area (Å²) < 4.78 is 0. The molecule has 0 radical (unpaired) electrons. The van der Waals surface area contributed by atoms with Gasteiger partial charge in [-0.25, -0.2) is 0 Å². The molecule has 1 aliphatic rings. The number of piperidine rings is 1. The van der Waals surface area contributed by atoms with E-state index < -0.39 is 0 Å². The zero-order chi connectivity index (χ0) is 14.0. The van der Waals surface area contributed by atoms with Gasteiger partial charge in [-0.3, -0.25) is 14.7 Å².